The smallest absolute Gasteiger partial charge is 0.292 e. The molecule has 5 heteroatoms. The summed E-state index contributed by atoms with van der Waals surface area (Å²) < 4.78 is 1.85. The van der Waals surface area contributed by atoms with Gasteiger partial charge in [0.05, 0.1) is 6.54 Å². The number of hydrogen-bond acceptors (Lipinski definition) is 3. The van der Waals surface area contributed by atoms with Crippen molar-refractivity contribution < 1.29 is 0 Å². The van der Waals surface area contributed by atoms with E-state index in [4.69, 9.17) is 11.6 Å². The van der Waals surface area contributed by atoms with Crippen molar-refractivity contribution in [3.63, 3.8) is 0 Å². The number of aromatic nitrogens is 2. The van der Waals surface area contributed by atoms with Crippen LogP contribution in [0.4, 0.5) is 0 Å². The lowest BCUT2D eigenvalue weighted by Gasteiger charge is -2.14. The first kappa shape index (κ1) is 17.4. The molecule has 3 nitrogen and oxygen atoms in total. The molecule has 3 aromatic rings. The molecular weight excluding hydrogens is 364 g/mol. The van der Waals surface area contributed by atoms with E-state index in [0.29, 0.717) is 6.54 Å². The second-order valence-electron chi connectivity index (χ2n) is 6.47. The molecule has 0 fully saturated rings. The van der Waals surface area contributed by atoms with Crippen LogP contribution in [0.25, 0.3) is 0 Å². The standard InChI is InChI=1S/C21H19ClN2OS/c22-17-11-9-16(10-12-17)14-26-20-18-7-4-8-19(18)24(21(25)23-20)13-15-5-2-1-3-6-15/h1-3,5-6,9-12H,4,7-8,13-14H2. The Bertz CT molecular complexity index is 968. The zero-order valence-corrected chi connectivity index (χ0v) is 15.9. The monoisotopic (exact) mass is 382 g/mol. The molecule has 1 aliphatic carbocycles. The van der Waals surface area contributed by atoms with Crippen LogP contribution in [0.3, 0.4) is 0 Å². The molecule has 0 saturated heterocycles. The maximum atomic E-state index is 12.7. The minimum atomic E-state index is -0.145. The van der Waals surface area contributed by atoms with Gasteiger partial charge in [-0.05, 0) is 42.5 Å². The number of rotatable bonds is 5. The van der Waals surface area contributed by atoms with Crippen LogP contribution in [0.2, 0.25) is 5.02 Å². The van der Waals surface area contributed by atoms with Crippen LogP contribution in [0.5, 0.6) is 0 Å². The highest BCUT2D eigenvalue weighted by molar-refractivity contribution is 7.98. The summed E-state index contributed by atoms with van der Waals surface area (Å²) >= 11 is 7.59. The number of benzene rings is 2. The number of nitrogens with zero attached hydrogens (tertiary/aromatic N) is 2. The first-order valence-corrected chi connectivity index (χ1v) is 10.1. The lowest BCUT2D eigenvalue weighted by atomic mass is 10.2. The maximum absolute atomic E-state index is 12.7. The Labute approximate surface area is 162 Å². The third-order valence-electron chi connectivity index (χ3n) is 4.67. The van der Waals surface area contributed by atoms with Crippen molar-refractivity contribution in [3.05, 3.63) is 92.5 Å². The Hall–Kier alpha value is -2.04. The zero-order chi connectivity index (χ0) is 17.9. The summed E-state index contributed by atoms with van der Waals surface area (Å²) in [4.78, 5) is 17.1. The summed E-state index contributed by atoms with van der Waals surface area (Å²) in [6.07, 6.45) is 3.04. The van der Waals surface area contributed by atoms with E-state index in [2.05, 4.69) is 17.1 Å². The Morgan fingerprint density at radius 2 is 1.77 bits per heavy atom. The largest absolute Gasteiger partial charge is 0.349 e. The SMILES string of the molecule is O=c1nc(SCc2ccc(Cl)cc2)c2c(n1Cc1ccccc1)CCC2. The summed E-state index contributed by atoms with van der Waals surface area (Å²) in [5, 5.41) is 1.63. The molecule has 0 saturated carbocycles. The van der Waals surface area contributed by atoms with Gasteiger partial charge in [-0.25, -0.2) is 4.79 Å². The van der Waals surface area contributed by atoms with Crippen molar-refractivity contribution in [2.24, 2.45) is 0 Å². The van der Waals surface area contributed by atoms with Gasteiger partial charge in [0.2, 0.25) is 0 Å². The molecular formula is C21H19ClN2OS. The Morgan fingerprint density at radius 1 is 1.00 bits per heavy atom. The van der Waals surface area contributed by atoms with E-state index in [-0.39, 0.29) is 5.69 Å². The fourth-order valence-corrected chi connectivity index (χ4v) is 4.53. The Morgan fingerprint density at radius 3 is 2.54 bits per heavy atom. The summed E-state index contributed by atoms with van der Waals surface area (Å²) in [6, 6.07) is 17.9. The number of hydrogen-bond donors (Lipinski definition) is 0. The van der Waals surface area contributed by atoms with E-state index in [9.17, 15) is 4.79 Å². The normalized spacial score (nSPS) is 13.0. The minimum absolute atomic E-state index is 0.145. The minimum Gasteiger partial charge on any atom is -0.292 e. The molecule has 2 aromatic carbocycles. The van der Waals surface area contributed by atoms with Crippen LogP contribution in [-0.4, -0.2) is 9.55 Å². The average Bonchev–Trinajstić information content (AvgIpc) is 3.15. The molecule has 0 amide bonds. The quantitative estimate of drug-likeness (QED) is 0.472. The summed E-state index contributed by atoms with van der Waals surface area (Å²) in [6.45, 7) is 0.594. The van der Waals surface area contributed by atoms with Gasteiger partial charge in [-0.1, -0.05) is 54.1 Å². The zero-order valence-electron chi connectivity index (χ0n) is 14.3. The van der Waals surface area contributed by atoms with Crippen LogP contribution in [0, 0.1) is 0 Å². The molecule has 1 aliphatic rings. The summed E-state index contributed by atoms with van der Waals surface area (Å²) in [5.41, 5.74) is 4.58. The highest BCUT2D eigenvalue weighted by atomic mass is 35.5. The Balaban J connectivity index is 1.61. The Kier molecular flexibility index (Phi) is 5.14. The molecule has 26 heavy (non-hydrogen) atoms. The van der Waals surface area contributed by atoms with Crippen LogP contribution >= 0.6 is 23.4 Å². The van der Waals surface area contributed by atoms with Crippen molar-refractivity contribution in [3.8, 4) is 0 Å². The molecule has 0 radical (unpaired) electrons. The van der Waals surface area contributed by atoms with Crippen LogP contribution < -0.4 is 5.69 Å². The molecule has 0 spiro atoms. The van der Waals surface area contributed by atoms with Gasteiger partial charge in [0.1, 0.15) is 5.03 Å². The highest BCUT2D eigenvalue weighted by Crippen LogP contribution is 2.31. The fraction of sp³-hybridized carbons (Fsp3) is 0.238. The van der Waals surface area contributed by atoms with Crippen LogP contribution in [0.15, 0.2) is 64.4 Å². The van der Waals surface area contributed by atoms with Gasteiger partial charge in [0, 0.05) is 22.0 Å². The predicted molar refractivity (Wildman–Crippen MR) is 107 cm³/mol. The molecule has 0 N–H and O–H groups in total. The van der Waals surface area contributed by atoms with Crippen LogP contribution in [0.1, 0.15) is 28.8 Å². The van der Waals surface area contributed by atoms with Gasteiger partial charge in [0.25, 0.3) is 0 Å². The van der Waals surface area contributed by atoms with Crippen molar-refractivity contribution in [1.29, 1.82) is 0 Å². The van der Waals surface area contributed by atoms with E-state index >= 15 is 0 Å². The molecule has 1 aromatic heterocycles. The van der Waals surface area contributed by atoms with E-state index in [1.807, 2.05) is 47.0 Å². The molecule has 1 heterocycles. The number of fused-ring (bicyclic) bond motifs is 1. The van der Waals surface area contributed by atoms with Gasteiger partial charge >= 0.3 is 5.69 Å². The first-order valence-electron chi connectivity index (χ1n) is 8.74. The van der Waals surface area contributed by atoms with E-state index < -0.39 is 0 Å². The average molecular weight is 383 g/mol. The van der Waals surface area contributed by atoms with Gasteiger partial charge in [0.15, 0.2) is 0 Å². The lowest BCUT2D eigenvalue weighted by Crippen LogP contribution is -2.27. The van der Waals surface area contributed by atoms with Crippen LogP contribution in [-0.2, 0) is 25.1 Å². The van der Waals surface area contributed by atoms with E-state index in [0.717, 1.165) is 46.3 Å². The van der Waals surface area contributed by atoms with Crippen molar-refractivity contribution >= 4 is 23.4 Å². The first-order chi connectivity index (χ1) is 12.7. The predicted octanol–water partition coefficient (Wildman–Crippen LogP) is 4.73. The number of halogens is 1. The summed E-state index contributed by atoms with van der Waals surface area (Å²) in [5.74, 6) is 0.790. The molecule has 132 valence electrons. The van der Waals surface area contributed by atoms with Gasteiger partial charge in [-0.2, -0.15) is 4.98 Å². The van der Waals surface area contributed by atoms with Crippen molar-refractivity contribution in [1.82, 2.24) is 9.55 Å². The third kappa shape index (κ3) is 3.71. The van der Waals surface area contributed by atoms with Gasteiger partial charge < -0.3 is 0 Å². The summed E-state index contributed by atoms with van der Waals surface area (Å²) in [7, 11) is 0. The van der Waals surface area contributed by atoms with Crippen molar-refractivity contribution in [2.45, 2.75) is 36.6 Å². The van der Waals surface area contributed by atoms with E-state index in [1.165, 1.54) is 11.1 Å². The number of thioether (sulfide) groups is 1. The van der Waals surface area contributed by atoms with Gasteiger partial charge in [-0.15, -0.1) is 11.8 Å². The highest BCUT2D eigenvalue weighted by Gasteiger charge is 2.22. The molecule has 4 rings (SSSR count). The van der Waals surface area contributed by atoms with Crippen molar-refractivity contribution in [2.75, 3.05) is 0 Å². The second kappa shape index (κ2) is 7.68. The third-order valence-corrected chi connectivity index (χ3v) is 6.01. The lowest BCUT2D eigenvalue weighted by molar-refractivity contribution is 0.667. The molecule has 0 unspecified atom stereocenters. The maximum Gasteiger partial charge on any atom is 0.349 e. The fourth-order valence-electron chi connectivity index (χ4n) is 3.37. The molecule has 0 aliphatic heterocycles. The van der Waals surface area contributed by atoms with E-state index in [1.54, 1.807) is 11.8 Å². The topological polar surface area (TPSA) is 34.9 Å². The van der Waals surface area contributed by atoms with Gasteiger partial charge in [-0.3, -0.25) is 4.57 Å². The molecule has 0 atom stereocenters. The second-order valence-corrected chi connectivity index (χ2v) is 7.87. The molecule has 0 bridgehead atoms.